The summed E-state index contributed by atoms with van der Waals surface area (Å²) in [5.74, 6) is -1.77. The van der Waals surface area contributed by atoms with Crippen LogP contribution in [0.4, 0.5) is 4.39 Å². The van der Waals surface area contributed by atoms with Crippen molar-refractivity contribution in [2.75, 3.05) is 26.7 Å². The van der Waals surface area contributed by atoms with E-state index >= 15 is 0 Å². The molecular formula is C27H32FN5O4. The summed E-state index contributed by atoms with van der Waals surface area (Å²) in [5.41, 5.74) is 1.85. The van der Waals surface area contributed by atoms with Crippen LogP contribution in [0.25, 0.3) is 11.0 Å². The molecule has 2 atom stereocenters. The monoisotopic (exact) mass is 509 g/mol. The number of benzene rings is 1. The molecular weight excluding hydrogens is 477 g/mol. The van der Waals surface area contributed by atoms with E-state index in [9.17, 15) is 18.8 Å². The number of rotatable bonds is 7. The molecule has 0 unspecified atom stereocenters. The summed E-state index contributed by atoms with van der Waals surface area (Å²) in [4.78, 5) is 47.4. The molecule has 3 aromatic rings. The summed E-state index contributed by atoms with van der Waals surface area (Å²) in [6.07, 6.45) is 1.54. The minimum Gasteiger partial charge on any atom is -0.480 e. The quantitative estimate of drug-likeness (QED) is 0.389. The Morgan fingerprint density at radius 2 is 1.81 bits per heavy atom. The normalized spacial score (nSPS) is 18.2. The van der Waals surface area contributed by atoms with Crippen molar-refractivity contribution < 1.29 is 23.5 Å². The first kappa shape index (κ1) is 26.3. The number of methoxy groups -OCH3 is 1. The van der Waals surface area contributed by atoms with Crippen molar-refractivity contribution in [3.05, 3.63) is 59.0 Å². The summed E-state index contributed by atoms with van der Waals surface area (Å²) >= 11 is 0. The molecule has 1 aliphatic heterocycles. The van der Waals surface area contributed by atoms with Crippen LogP contribution in [0.1, 0.15) is 47.1 Å². The van der Waals surface area contributed by atoms with E-state index < -0.39 is 11.7 Å². The van der Waals surface area contributed by atoms with Crippen molar-refractivity contribution in [2.24, 2.45) is 7.05 Å². The molecule has 10 heteroatoms. The number of nitrogens with one attached hydrogen (secondary N) is 1. The van der Waals surface area contributed by atoms with Crippen LogP contribution in [-0.2, 0) is 18.4 Å². The number of pyridine rings is 1. The SMILES string of the molecule is CCNC(=O)C(=O)c1cn(C)c2nc(OC)c(C(=O)N3C[C@H](C)N(Cc4ccc(F)cc4)C[C@H]3C)cc12. The Hall–Kier alpha value is -3.79. The van der Waals surface area contributed by atoms with Crippen molar-refractivity contribution in [3.63, 3.8) is 0 Å². The Labute approximate surface area is 215 Å². The predicted molar refractivity (Wildman–Crippen MR) is 137 cm³/mol. The van der Waals surface area contributed by atoms with Gasteiger partial charge < -0.3 is 19.5 Å². The lowest BCUT2D eigenvalue weighted by Crippen LogP contribution is -2.57. The van der Waals surface area contributed by atoms with Crippen LogP contribution in [0.5, 0.6) is 5.88 Å². The Balaban J connectivity index is 1.62. The molecule has 0 saturated carbocycles. The smallest absolute Gasteiger partial charge is 0.292 e. The molecule has 0 spiro atoms. The highest BCUT2D eigenvalue weighted by Crippen LogP contribution is 2.29. The fourth-order valence-corrected chi connectivity index (χ4v) is 4.81. The molecule has 1 fully saturated rings. The number of fused-ring (bicyclic) bond motifs is 1. The van der Waals surface area contributed by atoms with E-state index in [4.69, 9.17) is 4.74 Å². The van der Waals surface area contributed by atoms with Crippen LogP contribution in [0.3, 0.4) is 0 Å². The van der Waals surface area contributed by atoms with Crippen LogP contribution >= 0.6 is 0 Å². The third kappa shape index (κ3) is 5.20. The number of ether oxygens (including phenoxy) is 1. The first-order valence-electron chi connectivity index (χ1n) is 12.3. The number of carbonyl (C=O) groups is 3. The Morgan fingerprint density at radius 1 is 1.11 bits per heavy atom. The van der Waals surface area contributed by atoms with Gasteiger partial charge in [0.15, 0.2) is 0 Å². The van der Waals surface area contributed by atoms with Gasteiger partial charge >= 0.3 is 0 Å². The third-order valence-corrected chi connectivity index (χ3v) is 6.80. The van der Waals surface area contributed by atoms with Gasteiger partial charge in [-0.3, -0.25) is 19.3 Å². The topological polar surface area (TPSA) is 96.8 Å². The second-order valence-corrected chi connectivity index (χ2v) is 9.47. The largest absolute Gasteiger partial charge is 0.480 e. The number of piperazine rings is 1. The van der Waals surface area contributed by atoms with Gasteiger partial charge in [0.25, 0.3) is 17.6 Å². The number of likely N-dealkylation sites (N-methyl/N-ethyl adjacent to an activating group) is 1. The van der Waals surface area contributed by atoms with Crippen LogP contribution in [-0.4, -0.2) is 75.8 Å². The van der Waals surface area contributed by atoms with Gasteiger partial charge in [-0.05, 0) is 44.5 Å². The van der Waals surface area contributed by atoms with Gasteiger partial charge in [0, 0.05) is 56.9 Å². The Bertz CT molecular complexity index is 1340. The number of Topliss-reactive ketones (excluding diaryl/α,β-unsaturated/α-hetero) is 1. The van der Waals surface area contributed by atoms with E-state index in [1.807, 2.05) is 6.92 Å². The van der Waals surface area contributed by atoms with Gasteiger partial charge in [-0.2, -0.15) is 4.98 Å². The molecule has 0 bridgehead atoms. The summed E-state index contributed by atoms with van der Waals surface area (Å²) < 4.78 is 20.4. The fourth-order valence-electron chi connectivity index (χ4n) is 4.81. The van der Waals surface area contributed by atoms with E-state index in [2.05, 4.69) is 22.1 Å². The lowest BCUT2D eigenvalue weighted by Gasteiger charge is -2.44. The summed E-state index contributed by atoms with van der Waals surface area (Å²) in [6, 6.07) is 7.99. The minimum absolute atomic E-state index is 0.0551. The van der Waals surface area contributed by atoms with E-state index in [-0.39, 0.29) is 40.8 Å². The fraction of sp³-hybridized carbons (Fsp3) is 0.407. The molecule has 2 aromatic heterocycles. The molecule has 2 amide bonds. The van der Waals surface area contributed by atoms with Gasteiger partial charge in [-0.1, -0.05) is 12.1 Å². The zero-order chi connectivity index (χ0) is 26.9. The number of aromatic nitrogens is 2. The standard InChI is InChI=1S/C27H32FN5O4/c1-6-29-25(35)23(34)22-15-31(4)24-20(22)11-21(26(30-24)37-5)27(36)33-13-16(2)32(12-17(33)3)14-18-7-9-19(28)10-8-18/h7-11,15-17H,6,12-14H2,1-5H3,(H,29,35)/t16-,17+/m0/s1. The van der Waals surface area contributed by atoms with Gasteiger partial charge in [0.05, 0.1) is 12.7 Å². The predicted octanol–water partition coefficient (Wildman–Crippen LogP) is 2.77. The molecule has 1 aliphatic rings. The molecule has 9 nitrogen and oxygen atoms in total. The summed E-state index contributed by atoms with van der Waals surface area (Å²) in [7, 11) is 3.16. The first-order chi connectivity index (χ1) is 17.6. The molecule has 0 aliphatic carbocycles. The molecule has 37 heavy (non-hydrogen) atoms. The average Bonchev–Trinajstić information content (AvgIpc) is 3.21. The van der Waals surface area contributed by atoms with Crippen molar-refractivity contribution in [1.82, 2.24) is 24.7 Å². The van der Waals surface area contributed by atoms with E-state index in [0.29, 0.717) is 37.2 Å². The second-order valence-electron chi connectivity index (χ2n) is 9.47. The van der Waals surface area contributed by atoms with Gasteiger partial charge in [-0.15, -0.1) is 0 Å². The van der Waals surface area contributed by atoms with Gasteiger partial charge in [0.2, 0.25) is 5.88 Å². The van der Waals surface area contributed by atoms with Crippen LogP contribution in [0.2, 0.25) is 0 Å². The highest BCUT2D eigenvalue weighted by Gasteiger charge is 2.34. The van der Waals surface area contributed by atoms with E-state index in [1.54, 1.807) is 47.8 Å². The molecule has 1 N–H and O–H groups in total. The van der Waals surface area contributed by atoms with Crippen molar-refractivity contribution in [1.29, 1.82) is 0 Å². The summed E-state index contributed by atoms with van der Waals surface area (Å²) in [5, 5.41) is 2.94. The number of amides is 2. The first-order valence-corrected chi connectivity index (χ1v) is 12.3. The summed E-state index contributed by atoms with van der Waals surface area (Å²) in [6.45, 7) is 7.85. The van der Waals surface area contributed by atoms with Crippen LogP contribution in [0.15, 0.2) is 36.5 Å². The lowest BCUT2D eigenvalue weighted by molar-refractivity contribution is -0.116. The van der Waals surface area contributed by atoms with Crippen LogP contribution in [0, 0.1) is 5.82 Å². The number of hydrogen-bond donors (Lipinski definition) is 1. The number of ketones is 1. The van der Waals surface area contributed by atoms with Crippen molar-refractivity contribution in [3.8, 4) is 5.88 Å². The number of hydrogen-bond acceptors (Lipinski definition) is 6. The second kappa shape index (κ2) is 10.7. The van der Waals surface area contributed by atoms with Crippen LogP contribution < -0.4 is 10.1 Å². The highest BCUT2D eigenvalue weighted by atomic mass is 19.1. The molecule has 3 heterocycles. The lowest BCUT2D eigenvalue weighted by atomic mass is 10.0. The van der Waals surface area contributed by atoms with Gasteiger partial charge in [-0.25, -0.2) is 4.39 Å². The third-order valence-electron chi connectivity index (χ3n) is 6.80. The number of halogens is 1. The number of carbonyl (C=O) groups excluding carboxylic acids is 3. The Morgan fingerprint density at radius 3 is 2.46 bits per heavy atom. The van der Waals surface area contributed by atoms with Gasteiger partial charge in [0.1, 0.15) is 17.0 Å². The molecule has 0 radical (unpaired) electrons. The highest BCUT2D eigenvalue weighted by molar-refractivity contribution is 6.45. The van der Waals surface area contributed by atoms with E-state index in [0.717, 1.165) is 5.56 Å². The zero-order valence-corrected chi connectivity index (χ0v) is 21.7. The maximum absolute atomic E-state index is 13.8. The minimum atomic E-state index is -0.710. The number of nitrogens with zero attached hydrogens (tertiary/aromatic N) is 4. The molecule has 196 valence electrons. The maximum atomic E-state index is 13.8. The zero-order valence-electron chi connectivity index (χ0n) is 21.7. The molecule has 1 aromatic carbocycles. The Kier molecular flexibility index (Phi) is 7.58. The maximum Gasteiger partial charge on any atom is 0.292 e. The number of aryl methyl sites for hydroxylation is 1. The average molecular weight is 510 g/mol. The van der Waals surface area contributed by atoms with Crippen molar-refractivity contribution in [2.45, 2.75) is 39.4 Å². The van der Waals surface area contributed by atoms with Crippen molar-refractivity contribution >= 4 is 28.6 Å². The molecule has 1 saturated heterocycles. The molecule has 4 rings (SSSR count). The van der Waals surface area contributed by atoms with E-state index in [1.165, 1.54) is 19.2 Å².